The zero-order valence-corrected chi connectivity index (χ0v) is 15.9. The summed E-state index contributed by atoms with van der Waals surface area (Å²) in [6.45, 7) is 1.53. The maximum absolute atomic E-state index is 13.6. The molecule has 1 aliphatic rings. The largest absolute Gasteiger partial charge is 0.496 e. The molecule has 1 aliphatic carbocycles. The van der Waals surface area contributed by atoms with Crippen molar-refractivity contribution in [3.63, 3.8) is 0 Å². The highest BCUT2D eigenvalue weighted by atomic mass is 31.1. The Morgan fingerprint density at radius 1 is 1.08 bits per heavy atom. The predicted octanol–water partition coefficient (Wildman–Crippen LogP) is 3.67. The van der Waals surface area contributed by atoms with Crippen LogP contribution in [-0.4, -0.2) is 38.2 Å². The van der Waals surface area contributed by atoms with E-state index < -0.39 is 25.0 Å². The average Bonchev–Trinajstić information content (AvgIpc) is 3.16. The van der Waals surface area contributed by atoms with Crippen LogP contribution in [0.25, 0.3) is 0 Å². The molecular formula is C18H23O6P. The second kappa shape index (κ2) is 7.52. The number of ether oxygens (including phenoxy) is 3. The first-order valence-corrected chi connectivity index (χ1v) is 8.92. The molecular weight excluding hydrogens is 343 g/mol. The normalized spacial score (nSPS) is 18.4. The van der Waals surface area contributed by atoms with Gasteiger partial charge >= 0.3 is 5.97 Å². The summed E-state index contributed by atoms with van der Waals surface area (Å²) in [7, 11) is 3.74. The number of methoxy groups -OCH3 is 3. The van der Waals surface area contributed by atoms with Crippen LogP contribution in [0.5, 0.6) is 11.5 Å². The van der Waals surface area contributed by atoms with Gasteiger partial charge < -0.3 is 14.2 Å². The number of carbonyl (C=O) groups is 2. The van der Waals surface area contributed by atoms with Gasteiger partial charge in [0.15, 0.2) is 19.4 Å². The molecule has 0 saturated heterocycles. The molecule has 0 spiro atoms. The van der Waals surface area contributed by atoms with Crippen LogP contribution < -0.4 is 9.47 Å². The van der Waals surface area contributed by atoms with Crippen molar-refractivity contribution in [3.8, 4) is 11.5 Å². The maximum Gasteiger partial charge on any atom is 0.324 e. The summed E-state index contributed by atoms with van der Waals surface area (Å²) >= 11 is 0. The molecule has 136 valence electrons. The third-order valence-electron chi connectivity index (χ3n) is 5.24. The molecule has 1 aromatic rings. The number of carbonyl (C=O) groups excluding carboxylic acids is 2. The van der Waals surface area contributed by atoms with Crippen LogP contribution in [0, 0.1) is 5.41 Å². The summed E-state index contributed by atoms with van der Waals surface area (Å²) in [5, 5.41) is -1.47. The van der Waals surface area contributed by atoms with Gasteiger partial charge in [0.05, 0.1) is 26.7 Å². The fraction of sp³-hybridized carbons (Fsp3) is 0.556. The highest BCUT2D eigenvalue weighted by molar-refractivity contribution is 7.28. The minimum Gasteiger partial charge on any atom is -0.496 e. The fourth-order valence-corrected chi connectivity index (χ4v) is 4.41. The number of benzene rings is 1. The highest BCUT2D eigenvalue weighted by Crippen LogP contribution is 2.56. The van der Waals surface area contributed by atoms with Crippen LogP contribution in [0.15, 0.2) is 18.2 Å². The summed E-state index contributed by atoms with van der Waals surface area (Å²) in [6, 6.07) is 5.06. The Hall–Kier alpha value is -1.94. The van der Waals surface area contributed by atoms with Gasteiger partial charge in [-0.2, -0.15) is 0 Å². The van der Waals surface area contributed by atoms with Crippen LogP contribution in [0.1, 0.15) is 43.0 Å². The van der Waals surface area contributed by atoms with Gasteiger partial charge in [0.25, 0.3) is 0 Å². The molecule has 0 amide bonds. The molecule has 6 nitrogen and oxygen atoms in total. The third kappa shape index (κ3) is 2.93. The van der Waals surface area contributed by atoms with Gasteiger partial charge in [0.1, 0.15) is 17.1 Å². The van der Waals surface area contributed by atoms with Crippen LogP contribution in [0.3, 0.4) is 0 Å². The molecule has 7 heteroatoms. The number of Topliss-reactive ketones (excluding diaryl/α,β-unsaturated/α-hetero) is 1. The van der Waals surface area contributed by atoms with E-state index in [0.717, 1.165) is 12.8 Å². The smallest absolute Gasteiger partial charge is 0.324 e. The molecule has 1 aromatic carbocycles. The maximum atomic E-state index is 13.6. The number of rotatable bonds is 7. The van der Waals surface area contributed by atoms with E-state index in [1.807, 2.05) is 0 Å². The molecule has 25 heavy (non-hydrogen) atoms. The van der Waals surface area contributed by atoms with Crippen LogP contribution >= 0.6 is 8.46 Å². The van der Waals surface area contributed by atoms with E-state index in [2.05, 4.69) is 0 Å². The monoisotopic (exact) mass is 366 g/mol. The van der Waals surface area contributed by atoms with Crippen LogP contribution in [0.2, 0.25) is 0 Å². The van der Waals surface area contributed by atoms with Crippen molar-refractivity contribution in [3.05, 3.63) is 23.8 Å². The van der Waals surface area contributed by atoms with Gasteiger partial charge in [-0.15, -0.1) is 0 Å². The summed E-state index contributed by atoms with van der Waals surface area (Å²) < 4.78 is 27.6. The van der Waals surface area contributed by atoms with Gasteiger partial charge in [-0.1, -0.05) is 18.9 Å². The van der Waals surface area contributed by atoms with Gasteiger partial charge in [-0.25, -0.2) is 0 Å². The standard InChI is InChI=1S/C18H23O6P/c1-17(25-21,16(20)24-4)18(10-5-6-11-18)15(19)14-12(22-2)8-7-9-13(14)23-3/h7-9H,5-6,10-11H2,1-4H3. The lowest BCUT2D eigenvalue weighted by Gasteiger charge is -2.38. The Kier molecular flexibility index (Phi) is 5.83. The molecule has 0 heterocycles. The third-order valence-corrected chi connectivity index (χ3v) is 6.22. The highest BCUT2D eigenvalue weighted by Gasteiger charge is 2.61. The molecule has 0 bridgehead atoms. The predicted molar refractivity (Wildman–Crippen MR) is 92.8 cm³/mol. The van der Waals surface area contributed by atoms with E-state index in [1.54, 1.807) is 18.2 Å². The minimum atomic E-state index is -1.47. The van der Waals surface area contributed by atoms with Gasteiger partial charge in [0, 0.05) is 0 Å². The lowest BCUT2D eigenvalue weighted by Crippen LogP contribution is -2.51. The number of hydrogen-bond acceptors (Lipinski definition) is 6. The molecule has 0 radical (unpaired) electrons. The lowest BCUT2D eigenvalue weighted by atomic mass is 9.68. The Morgan fingerprint density at radius 3 is 2.00 bits per heavy atom. The van der Waals surface area contributed by atoms with Crippen molar-refractivity contribution >= 4 is 20.2 Å². The Bertz CT molecular complexity index is 658. The molecule has 0 N–H and O–H groups in total. The minimum absolute atomic E-state index is 0.271. The van der Waals surface area contributed by atoms with Gasteiger partial charge in [0.2, 0.25) is 0 Å². The summed E-state index contributed by atoms with van der Waals surface area (Å²) in [5.74, 6) is -0.223. The van der Waals surface area contributed by atoms with Crippen molar-refractivity contribution in [2.75, 3.05) is 21.3 Å². The Labute approximate surface area is 149 Å². The number of hydrogen-bond donors (Lipinski definition) is 0. The SMILES string of the molecule is COC(=O)C(C)(P=O)C1(C(=O)c2c(OC)cccc2OC)CCCC1. The summed E-state index contributed by atoms with van der Waals surface area (Å²) in [6.07, 6.45) is 2.44. The molecule has 1 fully saturated rings. The van der Waals surface area contributed by atoms with Crippen molar-refractivity contribution in [1.29, 1.82) is 0 Å². The van der Waals surface area contributed by atoms with E-state index in [1.165, 1.54) is 28.3 Å². The molecule has 1 atom stereocenters. The summed E-state index contributed by atoms with van der Waals surface area (Å²) in [5.41, 5.74) is -0.862. The summed E-state index contributed by atoms with van der Waals surface area (Å²) in [4.78, 5) is 26.1. The van der Waals surface area contributed by atoms with Crippen LogP contribution in [0.4, 0.5) is 0 Å². The zero-order chi connectivity index (χ0) is 18.7. The first-order chi connectivity index (χ1) is 11.9. The van der Waals surface area contributed by atoms with E-state index in [0.29, 0.717) is 24.3 Å². The Morgan fingerprint density at radius 2 is 1.60 bits per heavy atom. The van der Waals surface area contributed by atoms with Crippen molar-refractivity contribution in [1.82, 2.24) is 0 Å². The molecule has 0 aliphatic heterocycles. The number of ketones is 1. The second-order valence-electron chi connectivity index (χ2n) is 6.31. The van der Waals surface area contributed by atoms with E-state index in [4.69, 9.17) is 14.2 Å². The Balaban J connectivity index is 2.69. The second-order valence-corrected chi connectivity index (χ2v) is 7.39. The van der Waals surface area contributed by atoms with Gasteiger partial charge in [-0.3, -0.25) is 14.2 Å². The van der Waals surface area contributed by atoms with E-state index in [9.17, 15) is 14.2 Å². The lowest BCUT2D eigenvalue weighted by molar-refractivity contribution is -0.146. The zero-order valence-electron chi connectivity index (χ0n) is 15.0. The molecule has 1 unspecified atom stereocenters. The average molecular weight is 366 g/mol. The van der Waals surface area contributed by atoms with Crippen molar-refractivity contribution < 1.29 is 28.4 Å². The first kappa shape index (κ1) is 19.4. The van der Waals surface area contributed by atoms with E-state index in [-0.39, 0.29) is 11.3 Å². The van der Waals surface area contributed by atoms with Crippen molar-refractivity contribution in [2.45, 2.75) is 37.8 Å². The quantitative estimate of drug-likeness (QED) is 0.416. The fourth-order valence-electron chi connectivity index (χ4n) is 3.75. The van der Waals surface area contributed by atoms with Crippen molar-refractivity contribution in [2.24, 2.45) is 5.41 Å². The topological polar surface area (TPSA) is 78.9 Å². The van der Waals surface area contributed by atoms with E-state index >= 15 is 0 Å². The first-order valence-electron chi connectivity index (χ1n) is 8.10. The molecule has 0 aromatic heterocycles. The molecule has 1 saturated carbocycles. The van der Waals surface area contributed by atoms with Crippen LogP contribution in [-0.2, 0) is 14.1 Å². The van der Waals surface area contributed by atoms with Gasteiger partial charge in [-0.05, 0) is 31.9 Å². The number of esters is 1. The molecule has 2 rings (SSSR count).